The van der Waals surface area contributed by atoms with Crippen molar-refractivity contribution in [1.29, 1.82) is 0 Å². The fourth-order valence-corrected chi connectivity index (χ4v) is 1.27. The third kappa shape index (κ3) is 5.50. The molecule has 2 aromatic heterocycles. The van der Waals surface area contributed by atoms with Crippen molar-refractivity contribution in [3.63, 3.8) is 0 Å². The first kappa shape index (κ1) is 18.3. The maximum absolute atomic E-state index is 4.17. The molecular weight excluding hydrogens is 252 g/mol. The van der Waals surface area contributed by atoms with Gasteiger partial charge in [0.25, 0.3) is 6.33 Å². The van der Waals surface area contributed by atoms with Crippen LogP contribution >= 0.6 is 0 Å². The number of rotatable bonds is 0. The van der Waals surface area contributed by atoms with Crippen LogP contribution in [0.3, 0.4) is 0 Å². The van der Waals surface area contributed by atoms with Gasteiger partial charge < -0.3 is 0 Å². The average Bonchev–Trinajstić information content (AvgIpc) is 2.84. The van der Waals surface area contributed by atoms with Gasteiger partial charge in [-0.15, -0.1) is 4.68 Å². The van der Waals surface area contributed by atoms with E-state index in [-0.39, 0.29) is 18.5 Å². The zero-order chi connectivity index (χ0) is 14.7. The Labute approximate surface area is 122 Å². The van der Waals surface area contributed by atoms with E-state index >= 15 is 0 Å². The van der Waals surface area contributed by atoms with Crippen LogP contribution in [0.2, 0.25) is 0 Å². The summed E-state index contributed by atoms with van der Waals surface area (Å²) in [6.07, 6.45) is 7.04. The first-order valence-corrected chi connectivity index (χ1v) is 6.36. The highest BCUT2D eigenvalue weighted by Gasteiger charge is 2.20. The fraction of sp³-hybridized carbons (Fsp3) is 0.714. The summed E-state index contributed by atoms with van der Waals surface area (Å²) in [6, 6.07) is 0. The van der Waals surface area contributed by atoms with Gasteiger partial charge in [0.05, 0.1) is 12.6 Å². The molecule has 0 saturated heterocycles. The zero-order valence-electron chi connectivity index (χ0n) is 13.0. The predicted molar refractivity (Wildman–Crippen MR) is 80.1 cm³/mol. The quantitative estimate of drug-likeness (QED) is 0.695. The second-order valence-corrected chi connectivity index (χ2v) is 6.54. The van der Waals surface area contributed by atoms with Crippen molar-refractivity contribution < 1.29 is 4.57 Å². The topological polar surface area (TPSA) is 52.4 Å². The van der Waals surface area contributed by atoms with Crippen molar-refractivity contribution in [1.82, 2.24) is 24.5 Å². The van der Waals surface area contributed by atoms with Crippen molar-refractivity contribution in [3.8, 4) is 0 Å². The van der Waals surface area contributed by atoms with E-state index in [1.54, 1.807) is 19.0 Å². The number of nitrogens with zero attached hydrogens (tertiary/aromatic N) is 6. The van der Waals surface area contributed by atoms with Gasteiger partial charge in [-0.25, -0.2) is 14.2 Å². The molecule has 0 atom stereocenters. The van der Waals surface area contributed by atoms with E-state index in [1.807, 2.05) is 27.3 Å². The number of aromatic nitrogens is 6. The SMILES string of the molecule is C.CC(C)(C)n1cncn1.C[n+]1cnn(C(C)(C)C)c1. The first-order chi connectivity index (χ1) is 8.60. The highest BCUT2D eigenvalue weighted by Crippen LogP contribution is 2.09. The minimum atomic E-state index is 0. The zero-order valence-corrected chi connectivity index (χ0v) is 13.0. The van der Waals surface area contributed by atoms with E-state index in [0.717, 1.165) is 0 Å². The molecule has 20 heavy (non-hydrogen) atoms. The van der Waals surface area contributed by atoms with Crippen LogP contribution in [0.1, 0.15) is 49.0 Å². The van der Waals surface area contributed by atoms with Crippen molar-refractivity contribution in [2.24, 2.45) is 7.05 Å². The molecule has 0 unspecified atom stereocenters. The summed E-state index contributed by atoms with van der Waals surface area (Å²) in [6.45, 7) is 12.6. The second-order valence-electron chi connectivity index (χ2n) is 6.54. The molecule has 0 radical (unpaired) electrons. The summed E-state index contributed by atoms with van der Waals surface area (Å²) in [5, 5.41) is 8.16. The Morgan fingerprint density at radius 1 is 0.900 bits per heavy atom. The smallest absolute Gasteiger partial charge is 0.248 e. The molecule has 0 fully saturated rings. The molecule has 0 bridgehead atoms. The summed E-state index contributed by atoms with van der Waals surface area (Å²) in [7, 11) is 1.97. The summed E-state index contributed by atoms with van der Waals surface area (Å²) < 4.78 is 5.70. The van der Waals surface area contributed by atoms with Crippen LogP contribution in [0, 0.1) is 0 Å². The van der Waals surface area contributed by atoms with Crippen molar-refractivity contribution in [3.05, 3.63) is 25.3 Å². The Morgan fingerprint density at radius 2 is 1.45 bits per heavy atom. The summed E-state index contributed by atoms with van der Waals surface area (Å²) in [4.78, 5) is 3.84. The highest BCUT2D eigenvalue weighted by molar-refractivity contribution is 4.71. The van der Waals surface area contributed by atoms with Crippen LogP contribution in [0.4, 0.5) is 0 Å². The Hall–Kier alpha value is -1.72. The maximum atomic E-state index is 4.17. The van der Waals surface area contributed by atoms with Crippen LogP contribution in [0.25, 0.3) is 0 Å². The predicted octanol–water partition coefficient (Wildman–Crippen LogP) is 2.13. The van der Waals surface area contributed by atoms with Crippen LogP contribution in [-0.2, 0) is 18.1 Å². The molecule has 2 heterocycles. The lowest BCUT2D eigenvalue weighted by molar-refractivity contribution is -0.672. The van der Waals surface area contributed by atoms with Gasteiger partial charge >= 0.3 is 0 Å². The normalized spacial score (nSPS) is 11.3. The fourth-order valence-electron chi connectivity index (χ4n) is 1.27. The molecule has 0 spiro atoms. The van der Waals surface area contributed by atoms with Gasteiger partial charge in [0.2, 0.25) is 6.33 Å². The lowest BCUT2D eigenvalue weighted by Gasteiger charge is -2.17. The van der Waals surface area contributed by atoms with Gasteiger partial charge in [0.1, 0.15) is 18.2 Å². The molecular formula is C14H29N6+. The molecule has 0 aromatic carbocycles. The van der Waals surface area contributed by atoms with Crippen LogP contribution in [-0.4, -0.2) is 24.5 Å². The van der Waals surface area contributed by atoms with E-state index in [9.17, 15) is 0 Å². The minimum absolute atomic E-state index is 0. The Balaban J connectivity index is 0.000000345. The largest absolute Gasteiger partial charge is 0.264 e. The lowest BCUT2D eigenvalue weighted by atomic mass is 10.1. The minimum Gasteiger partial charge on any atom is -0.248 e. The number of hydrogen-bond donors (Lipinski definition) is 0. The number of hydrogen-bond acceptors (Lipinski definition) is 3. The van der Waals surface area contributed by atoms with Crippen LogP contribution < -0.4 is 4.57 Å². The van der Waals surface area contributed by atoms with Gasteiger partial charge in [-0.1, -0.05) is 7.43 Å². The van der Waals surface area contributed by atoms with Crippen LogP contribution in [0.5, 0.6) is 0 Å². The summed E-state index contributed by atoms with van der Waals surface area (Å²) in [5.74, 6) is 0. The molecule has 0 N–H and O–H groups in total. The van der Waals surface area contributed by atoms with E-state index in [1.165, 1.54) is 0 Å². The molecule has 0 amide bonds. The van der Waals surface area contributed by atoms with Crippen molar-refractivity contribution in [2.75, 3.05) is 0 Å². The molecule has 0 saturated carbocycles. The standard InChI is InChI=1S/C7H14N3.C6H11N3.CH4/c1-7(2,3)10-6-9(4)5-8-10;1-6(2,3)9-5-7-4-8-9;/h5-6H,1-4H3;4-5H,1-3H3;1H4/q+1;;. The maximum Gasteiger partial charge on any atom is 0.264 e. The third-order valence-corrected chi connectivity index (χ3v) is 2.44. The van der Waals surface area contributed by atoms with E-state index in [0.29, 0.717) is 0 Å². The van der Waals surface area contributed by atoms with Crippen molar-refractivity contribution in [2.45, 2.75) is 60.0 Å². The molecule has 0 aliphatic heterocycles. The number of aryl methyl sites for hydroxylation is 1. The van der Waals surface area contributed by atoms with Gasteiger partial charge in [-0.05, 0) is 41.5 Å². The van der Waals surface area contributed by atoms with Crippen molar-refractivity contribution >= 4 is 0 Å². The molecule has 6 heteroatoms. The molecule has 6 nitrogen and oxygen atoms in total. The summed E-state index contributed by atoms with van der Waals surface area (Å²) >= 11 is 0. The highest BCUT2D eigenvalue weighted by atomic mass is 15.4. The Kier molecular flexibility index (Phi) is 6.06. The third-order valence-electron chi connectivity index (χ3n) is 2.44. The Morgan fingerprint density at radius 3 is 1.65 bits per heavy atom. The van der Waals surface area contributed by atoms with E-state index < -0.39 is 0 Å². The first-order valence-electron chi connectivity index (χ1n) is 6.36. The molecule has 0 aliphatic rings. The van der Waals surface area contributed by atoms with Gasteiger partial charge in [0.15, 0.2) is 0 Å². The average molecular weight is 281 g/mol. The molecule has 2 rings (SSSR count). The Bertz CT molecular complexity index is 484. The molecule has 2 aromatic rings. The van der Waals surface area contributed by atoms with Gasteiger partial charge in [-0.3, -0.25) is 0 Å². The molecule has 114 valence electrons. The van der Waals surface area contributed by atoms with E-state index in [4.69, 9.17) is 0 Å². The summed E-state index contributed by atoms with van der Waals surface area (Å²) in [5.41, 5.74) is 0.164. The van der Waals surface area contributed by atoms with Crippen LogP contribution in [0.15, 0.2) is 25.3 Å². The monoisotopic (exact) mass is 281 g/mol. The van der Waals surface area contributed by atoms with Gasteiger partial charge in [0, 0.05) is 5.10 Å². The molecule has 0 aliphatic carbocycles. The van der Waals surface area contributed by atoms with E-state index in [2.05, 4.69) is 56.7 Å². The second kappa shape index (κ2) is 6.63. The lowest BCUT2D eigenvalue weighted by Crippen LogP contribution is -2.27. The van der Waals surface area contributed by atoms with Gasteiger partial charge in [-0.2, -0.15) is 5.10 Å².